The molecule has 3 aromatic rings. The molecule has 0 bridgehead atoms. The third kappa shape index (κ3) is 13.9. The molecule has 3 aromatic heterocycles. The number of rotatable bonds is 5. The first-order valence-corrected chi connectivity index (χ1v) is 12.8. The van der Waals surface area contributed by atoms with Crippen LogP contribution in [0.25, 0.3) is 0 Å². The number of nitriles is 3. The van der Waals surface area contributed by atoms with Crippen molar-refractivity contribution in [2.45, 2.75) is 62.1 Å². The molecule has 0 radical (unpaired) electrons. The van der Waals surface area contributed by atoms with Gasteiger partial charge in [-0.3, -0.25) is 15.5 Å². The quantitative estimate of drug-likeness (QED) is 0.216. The van der Waals surface area contributed by atoms with E-state index in [-0.39, 0.29) is 7.43 Å². The van der Waals surface area contributed by atoms with Gasteiger partial charge in [-0.2, -0.15) is 30.7 Å². The van der Waals surface area contributed by atoms with Crippen LogP contribution in [0.2, 0.25) is 0 Å². The average Bonchev–Trinajstić information content (AvgIpc) is 3.52. The third-order valence-electron chi connectivity index (χ3n) is 4.16. The Morgan fingerprint density at radius 2 is 1.50 bits per heavy atom. The lowest BCUT2D eigenvalue weighted by Crippen LogP contribution is -2.40. The second-order valence-electron chi connectivity index (χ2n) is 9.20. The second-order valence-corrected chi connectivity index (χ2v) is 9.85. The molecule has 0 aromatic carbocycles. The predicted octanol–water partition coefficient (Wildman–Crippen LogP) is 3.94. The van der Waals surface area contributed by atoms with Crippen LogP contribution in [-0.4, -0.2) is 30.4 Å². The molecule has 3 rings (SSSR count). The van der Waals surface area contributed by atoms with E-state index >= 15 is 0 Å². The first kappa shape index (κ1) is 36.1. The summed E-state index contributed by atoms with van der Waals surface area (Å²) >= 11 is 3.31. The van der Waals surface area contributed by atoms with Crippen LogP contribution in [0, 0.1) is 51.7 Å². The smallest absolute Gasteiger partial charge is 0.310 e. The summed E-state index contributed by atoms with van der Waals surface area (Å²) in [4.78, 5) is 0. The molecule has 0 unspecified atom stereocenters. The summed E-state index contributed by atoms with van der Waals surface area (Å²) in [6, 6.07) is 5.85. The van der Waals surface area contributed by atoms with E-state index in [1.165, 1.54) is 6.20 Å². The molecule has 0 fully saturated rings. The Balaban J connectivity index is 0. The van der Waals surface area contributed by atoms with Crippen LogP contribution >= 0.6 is 15.9 Å². The molecule has 208 valence electrons. The number of anilines is 3. The fourth-order valence-corrected chi connectivity index (χ4v) is 2.41. The van der Waals surface area contributed by atoms with E-state index in [1.807, 2.05) is 18.2 Å². The topological polar surface area (TPSA) is 216 Å². The third-order valence-corrected chi connectivity index (χ3v) is 5.46. The molecule has 0 amide bonds. The maximum absolute atomic E-state index is 8.60. The monoisotopic (exact) mass is 589 g/mol. The van der Waals surface area contributed by atoms with Gasteiger partial charge in [0.25, 0.3) is 0 Å². The highest BCUT2D eigenvalue weighted by molar-refractivity contribution is 9.09. The van der Waals surface area contributed by atoms with Crippen LogP contribution < -0.4 is 21.9 Å². The van der Waals surface area contributed by atoms with E-state index in [0.717, 1.165) is 24.3 Å². The number of nitrogen functional groups attached to an aromatic ring is 3. The number of alkyl halides is 1. The van der Waals surface area contributed by atoms with Crippen molar-refractivity contribution in [1.29, 1.82) is 15.8 Å². The number of H-pyrrole nitrogens is 2. The SMILES string of the molecule is C.CC(C)CBr.CC(C)C[n+]1[nH]cc(C#N)c1N.CC(C)Cn1cc(C#N)c(N)n1.N#Cc1cn[nH]c1N. The molecule has 0 aliphatic heterocycles. The highest BCUT2D eigenvalue weighted by Crippen LogP contribution is 2.08. The Morgan fingerprint density at radius 1 is 0.947 bits per heavy atom. The minimum absolute atomic E-state index is 0. The van der Waals surface area contributed by atoms with Gasteiger partial charge in [-0.25, -0.2) is 5.10 Å². The number of aromatic nitrogens is 6. The Kier molecular flexibility index (Phi) is 18.2. The van der Waals surface area contributed by atoms with Gasteiger partial charge in [-0.05, 0) is 17.8 Å². The fourth-order valence-electron chi connectivity index (χ4n) is 2.41. The van der Waals surface area contributed by atoms with Crippen LogP contribution in [0.1, 0.15) is 65.7 Å². The maximum Gasteiger partial charge on any atom is 0.310 e. The van der Waals surface area contributed by atoms with Crippen LogP contribution in [0.5, 0.6) is 0 Å². The van der Waals surface area contributed by atoms with Crippen LogP contribution in [0.15, 0.2) is 18.6 Å². The standard InChI is InChI=1S/2C8H12N4.C4H9Br.C4H4N4.CH4/c1-6(2)5-12-8(10)7(3-9)4-11-12;1-6(2)4-12-5-7(3-9)8(10)11-12;1-4(2)3-5;5-1-3-2-7-8-4(3)6;/h4,6H,5H2,1-2H3,(H2,10,11);5-6H,4H2,1-2H3,(H2,10,11);4H,3H2,1-2H3;2H,(H3,6,7,8);1H4/p+1. The minimum Gasteiger partial charge on any atom is -0.383 e. The summed E-state index contributed by atoms with van der Waals surface area (Å²) in [5.74, 6) is 2.99. The summed E-state index contributed by atoms with van der Waals surface area (Å²) in [6.45, 7) is 14.3. The first-order chi connectivity index (χ1) is 17.4. The molecule has 0 saturated heterocycles. The zero-order valence-corrected chi connectivity index (χ0v) is 23.9. The molecule has 0 aliphatic carbocycles. The van der Waals surface area contributed by atoms with Crippen molar-refractivity contribution in [1.82, 2.24) is 25.1 Å². The van der Waals surface area contributed by atoms with Crippen molar-refractivity contribution in [2.75, 3.05) is 22.5 Å². The molecule has 0 aliphatic rings. The fraction of sp³-hybridized carbons (Fsp3) is 0.520. The average molecular weight is 591 g/mol. The van der Waals surface area contributed by atoms with E-state index < -0.39 is 0 Å². The zero-order chi connectivity index (χ0) is 28.5. The molecule has 12 nitrogen and oxygen atoms in total. The second kappa shape index (κ2) is 19.1. The van der Waals surface area contributed by atoms with Crippen molar-refractivity contribution in [3.63, 3.8) is 0 Å². The summed E-state index contributed by atoms with van der Waals surface area (Å²) in [7, 11) is 0. The normalized spacial score (nSPS) is 9.45. The Morgan fingerprint density at radius 3 is 1.82 bits per heavy atom. The van der Waals surface area contributed by atoms with Crippen molar-refractivity contribution in [2.24, 2.45) is 17.8 Å². The summed E-state index contributed by atoms with van der Waals surface area (Å²) in [5.41, 5.74) is 17.7. The van der Waals surface area contributed by atoms with Crippen molar-refractivity contribution in [3.8, 4) is 18.2 Å². The van der Waals surface area contributed by atoms with Gasteiger partial charge in [0.2, 0.25) is 0 Å². The highest BCUT2D eigenvalue weighted by atomic mass is 79.9. The summed E-state index contributed by atoms with van der Waals surface area (Å²) in [5, 5.41) is 39.4. The molecule has 8 N–H and O–H groups in total. The molecule has 13 heteroatoms. The van der Waals surface area contributed by atoms with Crippen molar-refractivity contribution in [3.05, 3.63) is 35.3 Å². The van der Waals surface area contributed by atoms with Crippen LogP contribution in [0.4, 0.5) is 17.5 Å². The molecule has 38 heavy (non-hydrogen) atoms. The van der Waals surface area contributed by atoms with Gasteiger partial charge in [-0.1, -0.05) is 64.9 Å². The molecule has 0 atom stereocenters. The predicted molar refractivity (Wildman–Crippen MR) is 154 cm³/mol. The maximum atomic E-state index is 8.60. The summed E-state index contributed by atoms with van der Waals surface area (Å²) in [6.07, 6.45) is 4.68. The number of nitrogens with two attached hydrogens (primary N) is 3. The van der Waals surface area contributed by atoms with Gasteiger partial charge in [0.05, 0.1) is 12.4 Å². The number of hydrogen-bond donors (Lipinski definition) is 5. The van der Waals surface area contributed by atoms with Crippen molar-refractivity contribution < 1.29 is 4.68 Å². The lowest BCUT2D eigenvalue weighted by molar-refractivity contribution is -0.741. The van der Waals surface area contributed by atoms with Crippen LogP contribution in [-0.2, 0) is 13.1 Å². The van der Waals surface area contributed by atoms with E-state index in [1.54, 1.807) is 21.8 Å². The van der Waals surface area contributed by atoms with Gasteiger partial charge in [0.1, 0.15) is 41.7 Å². The van der Waals surface area contributed by atoms with Gasteiger partial charge in [-0.15, -0.1) is 0 Å². The Hall–Kier alpha value is -4.02. The number of nitrogens with one attached hydrogen (secondary N) is 2. The van der Waals surface area contributed by atoms with E-state index in [0.29, 0.717) is 46.0 Å². The zero-order valence-electron chi connectivity index (χ0n) is 22.3. The number of aromatic amines is 2. The molecular formula is C25H42BrN12+. The Labute approximate surface area is 234 Å². The largest absolute Gasteiger partial charge is 0.383 e. The first-order valence-electron chi connectivity index (χ1n) is 11.6. The van der Waals surface area contributed by atoms with Gasteiger partial charge in [0.15, 0.2) is 11.4 Å². The lowest BCUT2D eigenvalue weighted by atomic mass is 10.2. The Bertz CT molecular complexity index is 1170. The number of hydrogen-bond acceptors (Lipinski definition) is 8. The molecular weight excluding hydrogens is 548 g/mol. The minimum atomic E-state index is 0. The van der Waals surface area contributed by atoms with Gasteiger partial charge < -0.3 is 11.5 Å². The molecule has 0 saturated carbocycles. The number of nitrogens with zero attached hydrogens (tertiary/aromatic N) is 7. The molecule has 0 spiro atoms. The van der Waals surface area contributed by atoms with Crippen LogP contribution in [0.3, 0.4) is 0 Å². The van der Waals surface area contributed by atoms with Gasteiger partial charge in [0, 0.05) is 18.1 Å². The summed E-state index contributed by atoms with van der Waals surface area (Å²) < 4.78 is 3.49. The highest BCUT2D eigenvalue weighted by Gasteiger charge is 2.13. The number of halogens is 1. The molecule has 3 heterocycles. The van der Waals surface area contributed by atoms with E-state index in [2.05, 4.69) is 77.9 Å². The van der Waals surface area contributed by atoms with E-state index in [9.17, 15) is 0 Å². The lowest BCUT2D eigenvalue weighted by Gasteiger charge is -2.02. The van der Waals surface area contributed by atoms with Gasteiger partial charge >= 0.3 is 5.82 Å². The van der Waals surface area contributed by atoms with E-state index in [4.69, 9.17) is 33.0 Å². The van der Waals surface area contributed by atoms with Crippen molar-refractivity contribution >= 4 is 33.4 Å².